The maximum Gasteiger partial charge on any atom is 0.306 e. The van der Waals surface area contributed by atoms with E-state index < -0.39 is 69.9 Å². The number of hydrogen-bond acceptors (Lipinski definition) is 8. The predicted octanol–water partition coefficient (Wildman–Crippen LogP) is 10.1. The SMILES string of the molecule is CC(C)C[C@@H](NC(=O)C[C@H](O)C=CCCSC(c1ccccc1)(c1ccccc1)c1ccccc1)C(=O)N[C@H](CSC(c1ccccc1)(c1ccccc1)c1ccccc1)C(=O)N[C@H](C(C)C)[C@@H](O)CC(=O)O. The molecule has 3 amide bonds. The fraction of sp³-hybridized carbons (Fsp3) is 0.311. The van der Waals surface area contributed by atoms with E-state index in [0.29, 0.717) is 12.2 Å². The van der Waals surface area contributed by atoms with Crippen molar-refractivity contribution in [2.24, 2.45) is 11.8 Å². The Bertz CT molecular complexity index is 2470. The van der Waals surface area contributed by atoms with Crippen molar-refractivity contribution in [3.05, 3.63) is 228 Å². The molecule has 0 bridgehead atoms. The lowest BCUT2D eigenvalue weighted by atomic mass is 9.84. The highest BCUT2D eigenvalue weighted by molar-refractivity contribution is 8.00. The van der Waals surface area contributed by atoms with Gasteiger partial charge in [-0.2, -0.15) is 0 Å². The van der Waals surface area contributed by atoms with Gasteiger partial charge in [0.15, 0.2) is 0 Å². The third kappa shape index (κ3) is 15.1. The summed E-state index contributed by atoms with van der Waals surface area (Å²) in [5.74, 6) is -2.64. The molecular formula is C61H69N3O7S2. The van der Waals surface area contributed by atoms with E-state index in [1.807, 2.05) is 129 Å². The van der Waals surface area contributed by atoms with E-state index in [1.54, 1.807) is 31.7 Å². The molecule has 0 saturated heterocycles. The first-order valence-corrected chi connectivity index (χ1v) is 27.0. The fourth-order valence-corrected chi connectivity index (χ4v) is 12.3. The van der Waals surface area contributed by atoms with Gasteiger partial charge in [-0.15, -0.1) is 23.5 Å². The Morgan fingerprint density at radius 3 is 1.27 bits per heavy atom. The topological polar surface area (TPSA) is 165 Å². The van der Waals surface area contributed by atoms with Crippen LogP contribution in [0.2, 0.25) is 0 Å². The Labute approximate surface area is 439 Å². The number of benzene rings is 6. The highest BCUT2D eigenvalue weighted by atomic mass is 32.2. The average molecular weight is 1020 g/mol. The predicted molar refractivity (Wildman–Crippen MR) is 296 cm³/mol. The van der Waals surface area contributed by atoms with Gasteiger partial charge in [0.2, 0.25) is 17.7 Å². The lowest BCUT2D eigenvalue weighted by Crippen LogP contribution is -2.58. The number of thioether (sulfide) groups is 2. The molecular weight excluding hydrogens is 951 g/mol. The zero-order valence-electron chi connectivity index (χ0n) is 42.1. The van der Waals surface area contributed by atoms with Gasteiger partial charge in [-0.1, -0.05) is 222 Å². The van der Waals surface area contributed by atoms with Crippen LogP contribution >= 0.6 is 23.5 Å². The molecule has 6 rings (SSSR count). The van der Waals surface area contributed by atoms with Crippen molar-refractivity contribution in [3.8, 4) is 0 Å². The number of hydrogen-bond donors (Lipinski definition) is 6. The minimum absolute atomic E-state index is 0.0312. The molecule has 0 saturated carbocycles. The summed E-state index contributed by atoms with van der Waals surface area (Å²) in [6.45, 7) is 7.40. The summed E-state index contributed by atoms with van der Waals surface area (Å²) in [4.78, 5) is 54.6. The molecule has 0 radical (unpaired) electrons. The summed E-state index contributed by atoms with van der Waals surface area (Å²) in [5.41, 5.74) is 6.27. The molecule has 6 N–H and O–H groups in total. The van der Waals surface area contributed by atoms with Gasteiger partial charge in [0, 0.05) is 5.75 Å². The second-order valence-electron chi connectivity index (χ2n) is 19.0. The number of carbonyl (C=O) groups is 4. The van der Waals surface area contributed by atoms with Crippen molar-refractivity contribution in [3.63, 3.8) is 0 Å². The van der Waals surface area contributed by atoms with Crippen molar-refractivity contribution < 1.29 is 34.5 Å². The average Bonchev–Trinajstić information content (AvgIpc) is 3.39. The van der Waals surface area contributed by atoms with E-state index in [9.17, 15) is 34.5 Å². The molecule has 0 aliphatic carbocycles. The standard InChI is InChI=1S/C61H69N3O7S2/c1-43(2)39-52(62-55(67)40-51(65)37-23-24-38-72-60(45-25-11-5-12-26-45,46-27-13-6-14-28-46)47-29-15-7-16-30-47)58(70)63-53(59(71)64-57(44(3)4)54(66)41-56(68)69)42-73-61(48-31-17-8-18-32-48,49-33-19-9-20-34-49)50-35-21-10-22-36-50/h5-23,25-37,43-44,51-54,57,65-66H,24,38-42H2,1-4H3,(H,62,67)(H,63,70)(H,64,71)(H,68,69)/t51-,52-,53-,54+,57-/m1/s1. The molecule has 0 spiro atoms. The first-order valence-electron chi connectivity index (χ1n) is 25.0. The lowest BCUT2D eigenvalue weighted by molar-refractivity contribution is -0.140. The van der Waals surface area contributed by atoms with Crippen LogP contribution in [0.3, 0.4) is 0 Å². The third-order valence-electron chi connectivity index (χ3n) is 12.7. The number of aliphatic hydroxyl groups excluding tert-OH is 2. The van der Waals surface area contributed by atoms with Crippen molar-refractivity contribution >= 4 is 47.2 Å². The van der Waals surface area contributed by atoms with Gasteiger partial charge in [-0.05, 0) is 63.8 Å². The Balaban J connectivity index is 1.20. The lowest BCUT2D eigenvalue weighted by Gasteiger charge is -2.37. The molecule has 0 fully saturated rings. The van der Waals surface area contributed by atoms with Crippen molar-refractivity contribution in [2.75, 3.05) is 11.5 Å². The number of rotatable bonds is 27. The summed E-state index contributed by atoms with van der Waals surface area (Å²) in [6.07, 6.45) is 0.941. The second-order valence-corrected chi connectivity index (χ2v) is 21.5. The number of nitrogens with one attached hydrogen (secondary N) is 3. The van der Waals surface area contributed by atoms with Gasteiger partial charge in [0.25, 0.3) is 0 Å². The maximum absolute atomic E-state index is 14.6. The summed E-state index contributed by atoms with van der Waals surface area (Å²) in [6, 6.07) is 57.8. The number of aliphatic carboxylic acids is 1. The molecule has 6 aromatic carbocycles. The first kappa shape index (κ1) is 55.9. The summed E-state index contributed by atoms with van der Waals surface area (Å²) in [5, 5.41) is 40.4. The van der Waals surface area contributed by atoms with Crippen molar-refractivity contribution in [1.82, 2.24) is 16.0 Å². The van der Waals surface area contributed by atoms with Gasteiger partial charge in [-0.3, -0.25) is 19.2 Å². The number of allylic oxidation sites excluding steroid dienone is 1. The van der Waals surface area contributed by atoms with E-state index in [4.69, 9.17) is 0 Å². The number of carboxylic acids is 1. The van der Waals surface area contributed by atoms with E-state index >= 15 is 0 Å². The van der Waals surface area contributed by atoms with Gasteiger partial charge in [0.05, 0.1) is 40.6 Å². The fourth-order valence-electron chi connectivity index (χ4n) is 9.23. The Kier molecular flexibility index (Phi) is 21.1. The first-order chi connectivity index (χ1) is 35.2. The minimum Gasteiger partial charge on any atom is -0.481 e. The summed E-state index contributed by atoms with van der Waals surface area (Å²) >= 11 is 3.26. The van der Waals surface area contributed by atoms with Crippen LogP contribution in [0.25, 0.3) is 0 Å². The third-order valence-corrected chi connectivity index (χ3v) is 15.9. The van der Waals surface area contributed by atoms with Crippen LogP contribution in [0.15, 0.2) is 194 Å². The normalized spacial score (nSPS) is 14.0. The molecule has 0 heterocycles. The Hall–Kier alpha value is -6.44. The largest absolute Gasteiger partial charge is 0.481 e. The molecule has 6 aromatic rings. The van der Waals surface area contributed by atoms with Crippen LogP contribution in [0.1, 0.15) is 86.8 Å². The molecule has 0 aliphatic heterocycles. The van der Waals surface area contributed by atoms with Crippen LogP contribution in [-0.2, 0) is 28.7 Å². The van der Waals surface area contributed by atoms with Crippen LogP contribution in [-0.4, -0.2) is 80.8 Å². The van der Waals surface area contributed by atoms with E-state index in [-0.39, 0.29) is 30.4 Å². The molecule has 0 unspecified atom stereocenters. The van der Waals surface area contributed by atoms with Gasteiger partial charge in [0.1, 0.15) is 12.1 Å². The quantitative estimate of drug-likeness (QED) is 0.0167. The molecule has 73 heavy (non-hydrogen) atoms. The number of carbonyl (C=O) groups excluding carboxylic acids is 3. The Morgan fingerprint density at radius 1 is 0.521 bits per heavy atom. The van der Waals surface area contributed by atoms with Crippen molar-refractivity contribution in [1.29, 1.82) is 0 Å². The van der Waals surface area contributed by atoms with E-state index in [0.717, 1.165) is 33.4 Å². The molecule has 0 aromatic heterocycles. The molecule has 0 aliphatic rings. The number of aliphatic hydroxyl groups is 2. The summed E-state index contributed by atoms with van der Waals surface area (Å²) < 4.78 is -1.36. The zero-order valence-corrected chi connectivity index (χ0v) is 43.7. The number of amides is 3. The highest BCUT2D eigenvalue weighted by Gasteiger charge is 2.40. The monoisotopic (exact) mass is 1020 g/mol. The van der Waals surface area contributed by atoms with Crippen LogP contribution in [0, 0.1) is 11.8 Å². The molecule has 10 nitrogen and oxygen atoms in total. The molecule has 5 atom stereocenters. The van der Waals surface area contributed by atoms with Crippen LogP contribution in [0.5, 0.6) is 0 Å². The molecule has 12 heteroatoms. The van der Waals surface area contributed by atoms with Gasteiger partial charge < -0.3 is 31.3 Å². The smallest absolute Gasteiger partial charge is 0.306 e. The van der Waals surface area contributed by atoms with Crippen LogP contribution in [0.4, 0.5) is 0 Å². The maximum atomic E-state index is 14.6. The summed E-state index contributed by atoms with van der Waals surface area (Å²) in [7, 11) is 0. The van der Waals surface area contributed by atoms with Crippen LogP contribution < -0.4 is 16.0 Å². The molecule has 382 valence electrons. The number of carboxylic acid groups (broad SMARTS) is 1. The zero-order chi connectivity index (χ0) is 52.2. The Morgan fingerprint density at radius 2 is 0.904 bits per heavy atom. The van der Waals surface area contributed by atoms with E-state index in [1.165, 1.54) is 11.8 Å². The second kappa shape index (κ2) is 27.6. The minimum atomic E-state index is -1.40. The highest BCUT2D eigenvalue weighted by Crippen LogP contribution is 2.50. The van der Waals surface area contributed by atoms with Crippen molar-refractivity contribution in [2.45, 2.75) is 93.2 Å². The van der Waals surface area contributed by atoms with Gasteiger partial charge in [-0.25, -0.2) is 0 Å². The van der Waals surface area contributed by atoms with Gasteiger partial charge >= 0.3 is 5.97 Å². The van der Waals surface area contributed by atoms with E-state index in [2.05, 4.69) is 88.7 Å².